The number of rotatable bonds is 7. The molecule has 2 aromatic rings. The minimum absolute atomic E-state index is 0.00677. The third-order valence-electron chi connectivity index (χ3n) is 6.53. The average Bonchev–Trinajstić information content (AvgIpc) is 3.49. The van der Waals surface area contributed by atoms with E-state index in [-0.39, 0.29) is 42.6 Å². The number of nitrogens with one attached hydrogen (secondary N) is 1. The van der Waals surface area contributed by atoms with E-state index < -0.39 is 5.41 Å². The minimum Gasteiger partial charge on any atom is -0.497 e. The lowest BCUT2D eigenvalue weighted by molar-refractivity contribution is -0.143. The third-order valence-corrected chi connectivity index (χ3v) is 7.67. The van der Waals surface area contributed by atoms with E-state index in [0.717, 1.165) is 36.4 Å². The van der Waals surface area contributed by atoms with Gasteiger partial charge in [-0.2, -0.15) is 0 Å². The van der Waals surface area contributed by atoms with Gasteiger partial charge in [-0.15, -0.1) is 11.3 Å². The smallest absolute Gasteiger partial charge is 0.241 e. The molecule has 2 fully saturated rings. The summed E-state index contributed by atoms with van der Waals surface area (Å²) in [5.74, 6) is -0.0531. The van der Waals surface area contributed by atoms with Gasteiger partial charge in [-0.05, 0) is 44.4 Å². The minimum atomic E-state index is -1.20. The van der Waals surface area contributed by atoms with Crippen LogP contribution in [0.4, 0.5) is 0 Å². The fourth-order valence-electron chi connectivity index (χ4n) is 4.87. The topological polar surface area (TPSA) is 88.6 Å². The average molecular weight is 456 g/mol. The van der Waals surface area contributed by atoms with Gasteiger partial charge in [0.1, 0.15) is 10.8 Å². The lowest BCUT2D eigenvalue weighted by atomic mass is 9.75. The Morgan fingerprint density at radius 1 is 1.28 bits per heavy atom. The van der Waals surface area contributed by atoms with Gasteiger partial charge >= 0.3 is 0 Å². The maximum absolute atomic E-state index is 13.8. The molecule has 0 spiro atoms. The summed E-state index contributed by atoms with van der Waals surface area (Å²) in [5.41, 5.74) is 0.378. The summed E-state index contributed by atoms with van der Waals surface area (Å²) in [7, 11) is 1.58. The Hall–Kier alpha value is -2.74. The number of likely N-dealkylation sites (tertiary alicyclic amines) is 1. The molecule has 1 aliphatic carbocycles. The molecular formula is C24H29N3O4S. The zero-order valence-electron chi connectivity index (χ0n) is 18.7. The highest BCUT2D eigenvalue weighted by atomic mass is 32.1. The van der Waals surface area contributed by atoms with Crippen LogP contribution in [0.3, 0.4) is 0 Å². The number of carbonyl (C=O) groups excluding carboxylic acids is 3. The van der Waals surface area contributed by atoms with Crippen LogP contribution >= 0.6 is 11.3 Å². The van der Waals surface area contributed by atoms with Crippen molar-refractivity contribution in [2.45, 2.75) is 69.9 Å². The van der Waals surface area contributed by atoms with E-state index >= 15 is 0 Å². The molecule has 170 valence electrons. The second-order valence-electron chi connectivity index (χ2n) is 8.79. The number of benzene rings is 1. The molecular weight excluding hydrogens is 426 g/mol. The van der Waals surface area contributed by atoms with Crippen molar-refractivity contribution in [3.8, 4) is 5.75 Å². The summed E-state index contributed by atoms with van der Waals surface area (Å²) in [4.78, 5) is 45.8. The molecule has 32 heavy (non-hydrogen) atoms. The molecule has 3 amide bonds. The molecule has 1 aromatic heterocycles. The summed E-state index contributed by atoms with van der Waals surface area (Å²) in [5, 5.41) is 5.73. The predicted molar refractivity (Wildman–Crippen MR) is 121 cm³/mol. The van der Waals surface area contributed by atoms with Crippen molar-refractivity contribution >= 4 is 29.1 Å². The number of methoxy groups -OCH3 is 1. The summed E-state index contributed by atoms with van der Waals surface area (Å²) < 4.78 is 5.25. The third kappa shape index (κ3) is 4.16. The van der Waals surface area contributed by atoms with Gasteiger partial charge in [-0.25, -0.2) is 4.98 Å². The van der Waals surface area contributed by atoms with Crippen molar-refractivity contribution in [2.24, 2.45) is 0 Å². The first-order valence-corrected chi connectivity index (χ1v) is 11.9. The second-order valence-corrected chi connectivity index (χ2v) is 9.68. The quantitative estimate of drug-likeness (QED) is 0.644. The van der Waals surface area contributed by atoms with E-state index in [1.807, 2.05) is 19.2 Å². The van der Waals surface area contributed by atoms with Crippen LogP contribution in [-0.2, 0) is 19.8 Å². The van der Waals surface area contributed by atoms with E-state index in [0.29, 0.717) is 11.3 Å². The number of ether oxygens (including phenoxy) is 1. The molecule has 1 aromatic carbocycles. The van der Waals surface area contributed by atoms with Gasteiger partial charge < -0.3 is 10.1 Å². The number of carbonyl (C=O) groups is 3. The number of nitrogens with zero attached hydrogens (tertiary/aromatic N) is 2. The summed E-state index contributed by atoms with van der Waals surface area (Å²) in [6.45, 7) is 3.79. The van der Waals surface area contributed by atoms with E-state index in [2.05, 4.69) is 10.3 Å². The molecule has 2 aliphatic rings. The van der Waals surface area contributed by atoms with Crippen molar-refractivity contribution in [3.05, 3.63) is 45.9 Å². The lowest BCUT2D eigenvalue weighted by Crippen LogP contribution is -2.45. The van der Waals surface area contributed by atoms with Crippen LogP contribution in [0.1, 0.15) is 67.8 Å². The van der Waals surface area contributed by atoms with Crippen LogP contribution in [0.25, 0.3) is 0 Å². The molecule has 2 atom stereocenters. The van der Waals surface area contributed by atoms with Crippen LogP contribution < -0.4 is 10.1 Å². The molecule has 7 nitrogen and oxygen atoms in total. The van der Waals surface area contributed by atoms with Gasteiger partial charge in [-0.1, -0.05) is 25.0 Å². The van der Waals surface area contributed by atoms with Crippen LogP contribution in [0.5, 0.6) is 5.75 Å². The van der Waals surface area contributed by atoms with E-state index in [1.54, 1.807) is 31.4 Å². The van der Waals surface area contributed by atoms with Gasteiger partial charge in [0, 0.05) is 30.0 Å². The Bertz CT molecular complexity index is 1010. The normalized spacial score (nSPS) is 22.4. The Morgan fingerprint density at radius 2 is 1.97 bits per heavy atom. The summed E-state index contributed by atoms with van der Waals surface area (Å²) >= 11 is 1.49. The highest BCUT2D eigenvalue weighted by molar-refractivity contribution is 7.09. The first-order chi connectivity index (χ1) is 15.3. The number of thiazole rings is 1. The van der Waals surface area contributed by atoms with Gasteiger partial charge in [-0.3, -0.25) is 19.3 Å². The van der Waals surface area contributed by atoms with Crippen LogP contribution in [0, 0.1) is 6.92 Å². The number of amides is 3. The summed E-state index contributed by atoms with van der Waals surface area (Å²) in [6, 6.07) is 6.80. The Kier molecular flexibility index (Phi) is 6.33. The maximum Gasteiger partial charge on any atom is 0.241 e. The number of hydrogen-bond acceptors (Lipinski definition) is 6. The van der Waals surface area contributed by atoms with Crippen LogP contribution in [0.2, 0.25) is 0 Å². The van der Waals surface area contributed by atoms with Crippen molar-refractivity contribution in [3.63, 3.8) is 0 Å². The van der Waals surface area contributed by atoms with Gasteiger partial charge in [0.15, 0.2) is 0 Å². The molecule has 0 bridgehead atoms. The van der Waals surface area contributed by atoms with Crippen LogP contribution in [0.15, 0.2) is 29.6 Å². The standard InChI is InChI=1S/C24H29N3O4S/c1-15-14-32-22(25-15)16(2)26-20(28)12-24(17-8-10-19(31-3)11-9-17)13-21(29)27(23(24)30)18-6-4-5-7-18/h8-11,14,16,18H,4-7,12-13H2,1-3H3,(H,26,28). The molecule has 1 saturated heterocycles. The largest absolute Gasteiger partial charge is 0.497 e. The van der Waals surface area contributed by atoms with E-state index in [9.17, 15) is 14.4 Å². The monoisotopic (exact) mass is 455 g/mol. The number of aromatic nitrogens is 1. The fraction of sp³-hybridized carbons (Fsp3) is 0.500. The van der Waals surface area contributed by atoms with Crippen LogP contribution in [-0.4, -0.2) is 40.8 Å². The molecule has 1 saturated carbocycles. The Morgan fingerprint density at radius 3 is 2.56 bits per heavy atom. The first kappa shape index (κ1) is 22.5. The predicted octanol–water partition coefficient (Wildman–Crippen LogP) is 3.67. The molecule has 2 heterocycles. The molecule has 4 rings (SSSR count). The first-order valence-electron chi connectivity index (χ1n) is 11.1. The van der Waals surface area contributed by atoms with Gasteiger partial charge in [0.2, 0.25) is 17.7 Å². The lowest BCUT2D eigenvalue weighted by Gasteiger charge is -2.29. The second kappa shape index (κ2) is 9.02. The van der Waals surface area contributed by atoms with E-state index in [1.165, 1.54) is 16.2 Å². The summed E-state index contributed by atoms with van der Waals surface area (Å²) in [6.07, 6.45) is 3.63. The SMILES string of the molecule is COc1ccc(C2(CC(=O)NC(C)c3nc(C)cs3)CC(=O)N(C3CCCC3)C2=O)cc1. The highest BCUT2D eigenvalue weighted by Gasteiger charge is 2.55. The van der Waals surface area contributed by atoms with Gasteiger partial charge in [0.05, 0.1) is 18.6 Å². The molecule has 1 aliphatic heterocycles. The Balaban J connectivity index is 1.62. The van der Waals surface area contributed by atoms with Gasteiger partial charge in [0.25, 0.3) is 0 Å². The Labute approximate surface area is 192 Å². The molecule has 1 N–H and O–H groups in total. The number of aryl methyl sites for hydroxylation is 1. The zero-order chi connectivity index (χ0) is 22.9. The molecule has 8 heteroatoms. The van der Waals surface area contributed by atoms with Crippen molar-refractivity contribution < 1.29 is 19.1 Å². The molecule has 0 radical (unpaired) electrons. The maximum atomic E-state index is 13.8. The van der Waals surface area contributed by atoms with Crippen molar-refractivity contribution in [1.29, 1.82) is 0 Å². The number of imide groups is 1. The highest BCUT2D eigenvalue weighted by Crippen LogP contribution is 2.43. The zero-order valence-corrected chi connectivity index (χ0v) is 19.5. The fourth-order valence-corrected chi connectivity index (χ4v) is 5.67. The number of hydrogen-bond donors (Lipinski definition) is 1. The van der Waals surface area contributed by atoms with E-state index in [4.69, 9.17) is 4.74 Å². The van der Waals surface area contributed by atoms with Crippen molar-refractivity contribution in [2.75, 3.05) is 7.11 Å². The molecule has 2 unspecified atom stereocenters. The van der Waals surface area contributed by atoms with Crippen molar-refractivity contribution in [1.82, 2.24) is 15.2 Å².